The van der Waals surface area contributed by atoms with Gasteiger partial charge in [0.05, 0.1) is 15.7 Å². The quantitative estimate of drug-likeness (QED) is 0.832. The van der Waals surface area contributed by atoms with Crippen molar-refractivity contribution in [3.63, 3.8) is 0 Å². The summed E-state index contributed by atoms with van der Waals surface area (Å²) >= 11 is 0. The highest BCUT2D eigenvalue weighted by molar-refractivity contribution is 7.95. The summed E-state index contributed by atoms with van der Waals surface area (Å²) in [5.41, 5.74) is 0.859. The van der Waals surface area contributed by atoms with Gasteiger partial charge in [0.1, 0.15) is 6.04 Å². The zero-order chi connectivity index (χ0) is 18.3. The van der Waals surface area contributed by atoms with Gasteiger partial charge >= 0.3 is 0 Å². The molecule has 1 amide bonds. The molecule has 2 aliphatic heterocycles. The highest BCUT2D eigenvalue weighted by Gasteiger charge is 2.50. The van der Waals surface area contributed by atoms with Gasteiger partial charge < -0.3 is 4.90 Å². The number of sulfone groups is 1. The first kappa shape index (κ1) is 16.7. The number of piperidine rings is 1. The molecule has 0 spiro atoms. The van der Waals surface area contributed by atoms with Gasteiger partial charge in [0.15, 0.2) is 5.78 Å². The van der Waals surface area contributed by atoms with E-state index in [4.69, 9.17) is 0 Å². The van der Waals surface area contributed by atoms with E-state index in [1.165, 1.54) is 23.1 Å². The van der Waals surface area contributed by atoms with Crippen molar-refractivity contribution < 1.29 is 18.0 Å². The summed E-state index contributed by atoms with van der Waals surface area (Å²) in [6, 6.07) is 16.3. The lowest BCUT2D eigenvalue weighted by molar-refractivity contribution is -0.148. The Balaban J connectivity index is 1.76. The summed E-state index contributed by atoms with van der Waals surface area (Å²) in [5.74, 6) is -1.11. The van der Waals surface area contributed by atoms with E-state index in [2.05, 4.69) is 0 Å². The Morgan fingerprint density at radius 1 is 0.923 bits per heavy atom. The van der Waals surface area contributed by atoms with Crippen LogP contribution in [0.3, 0.4) is 0 Å². The van der Waals surface area contributed by atoms with Crippen molar-refractivity contribution in [2.45, 2.75) is 23.9 Å². The number of ketones is 1. The van der Waals surface area contributed by atoms with Crippen LogP contribution >= 0.6 is 0 Å². The molecule has 26 heavy (non-hydrogen) atoms. The second-order valence-corrected chi connectivity index (χ2v) is 8.47. The maximum absolute atomic E-state index is 13.1. The molecule has 5 nitrogen and oxygen atoms in total. The molecule has 2 heterocycles. The van der Waals surface area contributed by atoms with Crippen LogP contribution in [0.15, 0.2) is 76.5 Å². The maximum atomic E-state index is 13.1. The first-order valence-corrected chi connectivity index (χ1v) is 9.86. The molecule has 0 N–H and O–H groups in total. The fourth-order valence-electron chi connectivity index (χ4n) is 3.58. The molecular formula is C20H17NO4S. The number of Topliss-reactive ketones (excluding diaryl/α,β-unsaturated/α-hetero) is 1. The van der Waals surface area contributed by atoms with Crippen molar-refractivity contribution in [3.8, 4) is 0 Å². The Bertz CT molecular complexity index is 997. The first-order valence-electron chi connectivity index (χ1n) is 8.37. The standard InChI is InChI=1S/C20H17NO4S/c22-17-11-15-12-18(26(24,25)16-9-5-2-6-10-16)19(17)21(20(15)23)13-14-7-3-1-4-8-14/h1-10,12,15,19H,11,13H2. The van der Waals surface area contributed by atoms with Crippen molar-refractivity contribution >= 4 is 21.5 Å². The lowest BCUT2D eigenvalue weighted by Crippen LogP contribution is -2.57. The van der Waals surface area contributed by atoms with Gasteiger partial charge in [-0.1, -0.05) is 54.6 Å². The highest BCUT2D eigenvalue weighted by atomic mass is 32.2. The normalized spacial score (nSPS) is 22.5. The smallest absolute Gasteiger partial charge is 0.231 e. The number of hydrogen-bond donors (Lipinski definition) is 0. The first-order chi connectivity index (χ1) is 12.5. The van der Waals surface area contributed by atoms with Crippen molar-refractivity contribution in [2.75, 3.05) is 0 Å². The second-order valence-electron chi connectivity index (χ2n) is 6.52. The minimum absolute atomic E-state index is 0.0282. The van der Waals surface area contributed by atoms with E-state index in [0.717, 1.165) is 5.56 Å². The fourth-order valence-corrected chi connectivity index (χ4v) is 5.27. The molecule has 6 heteroatoms. The van der Waals surface area contributed by atoms with Gasteiger partial charge in [0.2, 0.25) is 15.7 Å². The number of benzene rings is 2. The summed E-state index contributed by atoms with van der Waals surface area (Å²) in [5, 5.41) is 0. The molecule has 1 fully saturated rings. The number of rotatable bonds is 4. The van der Waals surface area contributed by atoms with E-state index in [0.29, 0.717) is 0 Å². The maximum Gasteiger partial charge on any atom is 0.231 e. The van der Waals surface area contributed by atoms with Gasteiger partial charge in [0.25, 0.3) is 0 Å². The van der Waals surface area contributed by atoms with Crippen LogP contribution in [0.25, 0.3) is 0 Å². The van der Waals surface area contributed by atoms with E-state index in [-0.39, 0.29) is 34.5 Å². The summed E-state index contributed by atoms with van der Waals surface area (Å²) in [6.07, 6.45) is 1.54. The number of carbonyl (C=O) groups is 2. The topological polar surface area (TPSA) is 71.5 Å². The number of hydrogen-bond acceptors (Lipinski definition) is 4. The van der Waals surface area contributed by atoms with E-state index in [9.17, 15) is 18.0 Å². The largest absolute Gasteiger partial charge is 0.323 e. The molecule has 2 unspecified atom stereocenters. The Morgan fingerprint density at radius 3 is 2.19 bits per heavy atom. The van der Waals surface area contributed by atoms with Gasteiger partial charge in [-0.3, -0.25) is 9.59 Å². The molecule has 2 aromatic carbocycles. The van der Waals surface area contributed by atoms with Crippen molar-refractivity contribution in [1.82, 2.24) is 4.90 Å². The SMILES string of the molecule is O=C1CC2C=C(S(=O)(=O)c3ccccc3)C1N(Cc1ccccc1)C2=O. The molecule has 1 aliphatic carbocycles. The van der Waals surface area contributed by atoms with Crippen LogP contribution in [0.1, 0.15) is 12.0 Å². The number of nitrogens with zero attached hydrogens (tertiary/aromatic N) is 1. The van der Waals surface area contributed by atoms with Crippen molar-refractivity contribution in [2.24, 2.45) is 5.92 Å². The van der Waals surface area contributed by atoms with Crippen LogP contribution in [-0.2, 0) is 26.0 Å². The molecule has 2 atom stereocenters. The van der Waals surface area contributed by atoms with Crippen LogP contribution in [0.2, 0.25) is 0 Å². The second kappa shape index (κ2) is 6.21. The zero-order valence-electron chi connectivity index (χ0n) is 13.9. The van der Waals surface area contributed by atoms with Gasteiger partial charge in [0, 0.05) is 13.0 Å². The van der Waals surface area contributed by atoms with Crippen molar-refractivity contribution in [3.05, 3.63) is 77.2 Å². The monoisotopic (exact) mass is 367 g/mol. The summed E-state index contributed by atoms with van der Waals surface area (Å²) < 4.78 is 26.1. The van der Waals surface area contributed by atoms with Crippen LogP contribution in [0.5, 0.6) is 0 Å². The third-order valence-electron chi connectivity index (χ3n) is 4.83. The summed E-state index contributed by atoms with van der Waals surface area (Å²) in [6.45, 7) is 0.216. The molecule has 0 radical (unpaired) electrons. The molecular weight excluding hydrogens is 350 g/mol. The number of fused-ring (bicyclic) bond motifs is 2. The third-order valence-corrected chi connectivity index (χ3v) is 6.71. The molecule has 3 aliphatic rings. The molecule has 0 saturated carbocycles. The van der Waals surface area contributed by atoms with Gasteiger partial charge in [-0.05, 0) is 17.7 Å². The summed E-state index contributed by atoms with van der Waals surface area (Å²) in [4.78, 5) is 26.8. The number of carbonyl (C=O) groups excluding carboxylic acids is 2. The van der Waals surface area contributed by atoms with Crippen LogP contribution in [0.4, 0.5) is 0 Å². The molecule has 5 rings (SSSR count). The van der Waals surface area contributed by atoms with Gasteiger partial charge in [-0.15, -0.1) is 0 Å². The predicted molar refractivity (Wildman–Crippen MR) is 95.6 cm³/mol. The lowest BCUT2D eigenvalue weighted by Gasteiger charge is -2.42. The average Bonchev–Trinajstić information content (AvgIpc) is 2.66. The number of amides is 1. The van der Waals surface area contributed by atoms with Crippen LogP contribution in [-0.4, -0.2) is 31.0 Å². The summed E-state index contributed by atoms with van der Waals surface area (Å²) in [7, 11) is -3.83. The average molecular weight is 367 g/mol. The molecule has 2 aromatic rings. The Kier molecular flexibility index (Phi) is 4.00. The molecule has 2 bridgehead atoms. The van der Waals surface area contributed by atoms with Crippen molar-refractivity contribution in [1.29, 1.82) is 0 Å². The van der Waals surface area contributed by atoms with E-state index in [1.54, 1.807) is 18.2 Å². The Morgan fingerprint density at radius 2 is 1.54 bits per heavy atom. The van der Waals surface area contributed by atoms with Gasteiger partial charge in [-0.2, -0.15) is 0 Å². The Hall–Kier alpha value is -2.73. The van der Waals surface area contributed by atoms with E-state index in [1.807, 2.05) is 30.3 Å². The minimum atomic E-state index is -3.83. The van der Waals surface area contributed by atoms with Gasteiger partial charge in [-0.25, -0.2) is 8.42 Å². The lowest BCUT2D eigenvalue weighted by atomic mass is 9.83. The minimum Gasteiger partial charge on any atom is -0.323 e. The zero-order valence-corrected chi connectivity index (χ0v) is 14.7. The molecule has 0 aromatic heterocycles. The van der Waals surface area contributed by atoms with Crippen LogP contribution in [0, 0.1) is 5.92 Å². The predicted octanol–water partition coefficient (Wildman–Crippen LogP) is 2.34. The molecule has 1 saturated heterocycles. The van der Waals surface area contributed by atoms with Crippen LogP contribution < -0.4 is 0 Å². The van der Waals surface area contributed by atoms with E-state index >= 15 is 0 Å². The third kappa shape index (κ3) is 2.66. The fraction of sp³-hybridized carbons (Fsp3) is 0.200. The van der Waals surface area contributed by atoms with E-state index < -0.39 is 21.8 Å². The highest BCUT2D eigenvalue weighted by Crippen LogP contribution is 2.38. The Labute approximate surface area is 151 Å². The molecule has 132 valence electrons.